The van der Waals surface area contributed by atoms with Crippen LogP contribution in [0.3, 0.4) is 0 Å². The molecule has 0 saturated heterocycles. The maximum atomic E-state index is 11.0. The minimum absolute atomic E-state index is 0.431. The Bertz CT molecular complexity index is 599. The van der Waals surface area contributed by atoms with Crippen molar-refractivity contribution in [3.8, 4) is 11.1 Å². The number of pyridine rings is 1. The van der Waals surface area contributed by atoms with Gasteiger partial charge in [0.25, 0.3) is 0 Å². The summed E-state index contributed by atoms with van der Waals surface area (Å²) in [5.74, 6) is -0.855. The summed E-state index contributed by atoms with van der Waals surface area (Å²) in [5, 5.41) is 12.3. The van der Waals surface area contributed by atoms with E-state index in [0.29, 0.717) is 11.6 Å². The molecule has 0 bridgehead atoms. The minimum atomic E-state index is -0.855. The van der Waals surface area contributed by atoms with Crippen molar-refractivity contribution >= 4 is 17.6 Å². The van der Waals surface area contributed by atoms with Crippen LogP contribution in [0.1, 0.15) is 5.56 Å². The van der Waals surface area contributed by atoms with Gasteiger partial charge < -0.3 is 10.4 Å². The van der Waals surface area contributed by atoms with Crippen LogP contribution in [0.2, 0.25) is 5.15 Å². The van der Waals surface area contributed by atoms with E-state index in [0.717, 1.165) is 16.7 Å². The van der Waals surface area contributed by atoms with E-state index in [9.17, 15) is 4.79 Å². The quantitative estimate of drug-likeness (QED) is 0.831. The van der Waals surface area contributed by atoms with E-state index in [2.05, 4.69) is 10.3 Å². The van der Waals surface area contributed by atoms with Gasteiger partial charge in [0.2, 0.25) is 0 Å². The first-order chi connectivity index (χ1) is 9.60. The Morgan fingerprint density at radius 1 is 1.35 bits per heavy atom. The first-order valence-electron chi connectivity index (χ1n) is 6.21. The number of hydrogen-bond donors (Lipinski definition) is 2. The Balaban J connectivity index is 2.23. The number of aliphatic carboxylic acids is 1. The maximum absolute atomic E-state index is 11.0. The summed E-state index contributed by atoms with van der Waals surface area (Å²) < 4.78 is 0. The van der Waals surface area contributed by atoms with Crippen LogP contribution in [0.25, 0.3) is 11.1 Å². The number of carboxylic acids is 1. The third-order valence-corrected chi connectivity index (χ3v) is 3.30. The molecule has 2 N–H and O–H groups in total. The van der Waals surface area contributed by atoms with Gasteiger partial charge in [-0.3, -0.25) is 4.79 Å². The van der Waals surface area contributed by atoms with Gasteiger partial charge in [0.1, 0.15) is 11.2 Å². The molecule has 0 spiro atoms. The van der Waals surface area contributed by atoms with Gasteiger partial charge in [-0.05, 0) is 36.7 Å². The Morgan fingerprint density at radius 2 is 2.15 bits per heavy atom. The van der Waals surface area contributed by atoms with Crippen molar-refractivity contribution in [2.45, 2.75) is 12.5 Å². The van der Waals surface area contributed by atoms with Crippen molar-refractivity contribution in [3.05, 3.63) is 53.3 Å². The number of hydrogen-bond acceptors (Lipinski definition) is 3. The number of nitrogens with one attached hydrogen (secondary N) is 1. The zero-order valence-electron chi connectivity index (χ0n) is 11.0. The number of benzene rings is 1. The van der Waals surface area contributed by atoms with E-state index in [4.69, 9.17) is 16.7 Å². The van der Waals surface area contributed by atoms with E-state index >= 15 is 0 Å². The van der Waals surface area contributed by atoms with Gasteiger partial charge >= 0.3 is 5.97 Å². The fraction of sp³-hybridized carbons (Fsp3) is 0.200. The van der Waals surface area contributed by atoms with Crippen molar-refractivity contribution < 1.29 is 9.90 Å². The average molecular weight is 291 g/mol. The Labute approximate surface area is 122 Å². The smallest absolute Gasteiger partial charge is 0.321 e. The Morgan fingerprint density at radius 3 is 2.75 bits per heavy atom. The van der Waals surface area contributed by atoms with Crippen LogP contribution in [-0.2, 0) is 11.2 Å². The van der Waals surface area contributed by atoms with Crippen molar-refractivity contribution in [2.24, 2.45) is 0 Å². The highest BCUT2D eigenvalue weighted by atomic mass is 35.5. The molecular weight excluding hydrogens is 276 g/mol. The SMILES string of the molecule is CNC(Cc1cccc(-c2ccc(Cl)nc2)c1)C(=O)O. The molecule has 2 aromatic rings. The summed E-state index contributed by atoms with van der Waals surface area (Å²) in [6.07, 6.45) is 2.13. The highest BCUT2D eigenvalue weighted by Gasteiger charge is 2.15. The molecule has 1 atom stereocenters. The van der Waals surface area contributed by atoms with Gasteiger partial charge in [-0.15, -0.1) is 0 Å². The van der Waals surface area contributed by atoms with Crippen LogP contribution in [0.5, 0.6) is 0 Å². The average Bonchev–Trinajstić information content (AvgIpc) is 2.45. The first-order valence-corrected chi connectivity index (χ1v) is 6.59. The molecule has 20 heavy (non-hydrogen) atoms. The van der Waals surface area contributed by atoms with Crippen molar-refractivity contribution in [1.82, 2.24) is 10.3 Å². The number of rotatable bonds is 5. The number of carboxylic acid groups (broad SMARTS) is 1. The third kappa shape index (κ3) is 3.56. The van der Waals surface area contributed by atoms with Gasteiger partial charge in [-0.25, -0.2) is 4.98 Å². The molecular formula is C15H15ClN2O2. The topological polar surface area (TPSA) is 62.2 Å². The first kappa shape index (κ1) is 14.5. The van der Waals surface area contributed by atoms with E-state index < -0.39 is 12.0 Å². The molecule has 0 saturated carbocycles. The second kappa shape index (κ2) is 6.50. The molecule has 4 nitrogen and oxygen atoms in total. The Hall–Kier alpha value is -1.91. The summed E-state index contributed by atoms with van der Waals surface area (Å²) in [5.41, 5.74) is 2.90. The summed E-state index contributed by atoms with van der Waals surface area (Å²) in [6.45, 7) is 0. The van der Waals surface area contributed by atoms with Crippen molar-refractivity contribution in [2.75, 3.05) is 7.05 Å². The van der Waals surface area contributed by atoms with E-state index in [-0.39, 0.29) is 0 Å². The van der Waals surface area contributed by atoms with E-state index in [1.165, 1.54) is 0 Å². The van der Waals surface area contributed by atoms with Gasteiger partial charge in [0, 0.05) is 11.8 Å². The molecule has 0 radical (unpaired) electrons. The summed E-state index contributed by atoms with van der Waals surface area (Å²) >= 11 is 5.77. The molecule has 5 heteroatoms. The van der Waals surface area contributed by atoms with E-state index in [1.807, 2.05) is 30.3 Å². The van der Waals surface area contributed by atoms with Crippen molar-refractivity contribution in [1.29, 1.82) is 0 Å². The minimum Gasteiger partial charge on any atom is -0.480 e. The zero-order valence-corrected chi connectivity index (χ0v) is 11.8. The van der Waals surface area contributed by atoms with E-state index in [1.54, 1.807) is 19.3 Å². The fourth-order valence-electron chi connectivity index (χ4n) is 1.97. The van der Waals surface area contributed by atoms with Crippen LogP contribution in [0, 0.1) is 0 Å². The van der Waals surface area contributed by atoms with Crippen molar-refractivity contribution in [3.63, 3.8) is 0 Å². The van der Waals surface area contributed by atoms with Gasteiger partial charge in [-0.1, -0.05) is 35.9 Å². The molecule has 1 unspecified atom stereocenters. The number of nitrogens with zero attached hydrogens (tertiary/aromatic N) is 1. The lowest BCUT2D eigenvalue weighted by molar-refractivity contribution is -0.139. The largest absolute Gasteiger partial charge is 0.480 e. The Kier molecular flexibility index (Phi) is 4.71. The standard InChI is InChI=1S/C15H15ClN2O2/c1-17-13(15(19)20)8-10-3-2-4-11(7-10)12-5-6-14(16)18-9-12/h2-7,9,13,17H,8H2,1H3,(H,19,20). The predicted molar refractivity (Wildman–Crippen MR) is 78.9 cm³/mol. The van der Waals surface area contributed by atoms with Gasteiger partial charge in [0.15, 0.2) is 0 Å². The molecule has 0 fully saturated rings. The lowest BCUT2D eigenvalue weighted by Gasteiger charge is -2.12. The highest BCUT2D eigenvalue weighted by molar-refractivity contribution is 6.29. The number of likely N-dealkylation sites (N-methyl/N-ethyl adjacent to an activating group) is 1. The predicted octanol–water partition coefficient (Wildman–Crippen LogP) is 2.62. The molecule has 2 rings (SSSR count). The van der Waals surface area contributed by atoms with Crippen LogP contribution >= 0.6 is 11.6 Å². The number of carbonyl (C=O) groups is 1. The normalized spacial score (nSPS) is 12.1. The second-order valence-corrected chi connectivity index (χ2v) is 4.84. The second-order valence-electron chi connectivity index (χ2n) is 4.45. The molecule has 1 heterocycles. The summed E-state index contributed by atoms with van der Waals surface area (Å²) in [7, 11) is 1.64. The van der Waals surface area contributed by atoms with Gasteiger partial charge in [-0.2, -0.15) is 0 Å². The molecule has 1 aromatic heterocycles. The fourth-order valence-corrected chi connectivity index (χ4v) is 2.08. The monoisotopic (exact) mass is 290 g/mol. The van der Waals surface area contributed by atoms with Crippen LogP contribution in [-0.4, -0.2) is 29.1 Å². The lowest BCUT2D eigenvalue weighted by Crippen LogP contribution is -2.35. The van der Waals surface area contributed by atoms with Crippen LogP contribution < -0.4 is 5.32 Å². The number of aromatic nitrogens is 1. The highest BCUT2D eigenvalue weighted by Crippen LogP contribution is 2.21. The third-order valence-electron chi connectivity index (χ3n) is 3.07. The van der Waals surface area contributed by atoms with Crippen LogP contribution in [0.15, 0.2) is 42.6 Å². The van der Waals surface area contributed by atoms with Crippen LogP contribution in [0.4, 0.5) is 0 Å². The molecule has 1 aromatic carbocycles. The lowest BCUT2D eigenvalue weighted by atomic mass is 10.0. The molecule has 0 amide bonds. The van der Waals surface area contributed by atoms with Gasteiger partial charge in [0.05, 0.1) is 0 Å². The molecule has 0 aliphatic heterocycles. The number of halogens is 1. The zero-order chi connectivity index (χ0) is 14.5. The molecule has 104 valence electrons. The molecule has 0 aliphatic rings. The summed E-state index contributed by atoms with van der Waals surface area (Å²) in [4.78, 5) is 15.1. The summed E-state index contributed by atoms with van der Waals surface area (Å²) in [6, 6.07) is 10.8. The molecule has 0 aliphatic carbocycles. The maximum Gasteiger partial charge on any atom is 0.321 e.